The third-order valence-electron chi connectivity index (χ3n) is 3.93. The van der Waals surface area contributed by atoms with Gasteiger partial charge in [-0.3, -0.25) is 9.59 Å². The topological polar surface area (TPSA) is 114 Å². The Kier molecular flexibility index (Phi) is 21.5. The van der Waals surface area contributed by atoms with Gasteiger partial charge in [0.05, 0.1) is 78.7 Å². The van der Waals surface area contributed by atoms with Crippen molar-refractivity contribution < 1.29 is 42.4 Å². The fraction of sp³-hybridized carbons (Fsp3) is 0.909. The monoisotopic (exact) mass is 482 g/mol. The molecule has 0 aromatic rings. The van der Waals surface area contributed by atoms with Gasteiger partial charge in [0, 0.05) is 12.5 Å². The molecule has 0 aromatic heterocycles. The van der Waals surface area contributed by atoms with Crippen LogP contribution in [0.3, 0.4) is 0 Å². The Morgan fingerprint density at radius 1 is 0.727 bits per heavy atom. The van der Waals surface area contributed by atoms with Crippen molar-refractivity contribution in [2.24, 2.45) is 5.92 Å². The zero-order valence-corrected chi connectivity index (χ0v) is 20.6. The van der Waals surface area contributed by atoms with Gasteiger partial charge in [-0.05, 0) is 13.8 Å². The van der Waals surface area contributed by atoms with Crippen molar-refractivity contribution in [3.63, 3.8) is 0 Å². The Morgan fingerprint density at radius 2 is 1.21 bits per heavy atom. The van der Waals surface area contributed by atoms with E-state index in [0.29, 0.717) is 59.4 Å². The van der Waals surface area contributed by atoms with Gasteiger partial charge in [-0.25, -0.2) is 4.39 Å². The minimum atomic E-state index is -1.24. The van der Waals surface area contributed by atoms with Crippen LogP contribution in [-0.2, 0) is 38.0 Å². The van der Waals surface area contributed by atoms with E-state index >= 15 is 0 Å². The molecule has 1 unspecified atom stereocenters. The summed E-state index contributed by atoms with van der Waals surface area (Å²) in [6.45, 7) is 11.2. The lowest BCUT2D eigenvalue weighted by Crippen LogP contribution is -2.35. The van der Waals surface area contributed by atoms with Crippen molar-refractivity contribution in [3.8, 4) is 0 Å². The molecule has 0 aromatic carbocycles. The van der Waals surface area contributed by atoms with Gasteiger partial charge in [0.15, 0.2) is 0 Å². The van der Waals surface area contributed by atoms with Crippen molar-refractivity contribution in [2.75, 3.05) is 85.8 Å². The third kappa shape index (κ3) is 23.6. The third-order valence-corrected chi connectivity index (χ3v) is 3.93. The fourth-order valence-corrected chi connectivity index (χ4v) is 2.12. The highest BCUT2D eigenvalue weighted by Crippen LogP contribution is 1.94. The molecule has 2 amide bonds. The van der Waals surface area contributed by atoms with Crippen molar-refractivity contribution >= 4 is 11.8 Å². The number of hydrogen-bond acceptors (Lipinski definition) is 8. The summed E-state index contributed by atoms with van der Waals surface area (Å²) < 4.78 is 45.3. The van der Waals surface area contributed by atoms with Crippen LogP contribution in [0, 0.1) is 5.92 Å². The Labute approximate surface area is 197 Å². The maximum atomic E-state index is 13.5. The first-order valence-corrected chi connectivity index (χ1v) is 11.5. The van der Waals surface area contributed by atoms with Gasteiger partial charge in [-0.15, -0.1) is 0 Å². The summed E-state index contributed by atoms with van der Waals surface area (Å²) in [4.78, 5) is 22.7. The molecule has 0 saturated carbocycles. The second-order valence-corrected chi connectivity index (χ2v) is 7.73. The quantitative estimate of drug-likeness (QED) is 0.205. The molecule has 11 heteroatoms. The lowest BCUT2D eigenvalue weighted by Gasteiger charge is -2.12. The maximum Gasteiger partial charge on any atom is 0.246 e. The number of hydrogen-bond donors (Lipinski definition) is 2. The number of nitrogens with one attached hydrogen (secondary N) is 2. The van der Waals surface area contributed by atoms with Crippen molar-refractivity contribution in [3.05, 3.63) is 0 Å². The summed E-state index contributed by atoms with van der Waals surface area (Å²) in [5, 5.41) is 5.22. The molecule has 10 nitrogen and oxygen atoms in total. The molecule has 0 saturated heterocycles. The van der Waals surface area contributed by atoms with Crippen LogP contribution in [0.15, 0.2) is 0 Å². The van der Waals surface area contributed by atoms with Crippen LogP contribution in [0.1, 0.15) is 27.7 Å². The Bertz CT molecular complexity index is 483. The van der Waals surface area contributed by atoms with Gasteiger partial charge in [0.1, 0.15) is 12.8 Å². The lowest BCUT2D eigenvalue weighted by molar-refractivity contribution is -0.127. The average Bonchev–Trinajstić information content (AvgIpc) is 2.77. The van der Waals surface area contributed by atoms with Crippen LogP contribution in [-0.4, -0.2) is 110 Å². The Hall–Kier alpha value is -1.37. The smallest absolute Gasteiger partial charge is 0.246 e. The standard InChI is InChI=1S/C22H43FN2O8/c1-18(2)22(27)25-15-20(23)16-32-14-13-31-12-11-30-10-9-29-8-7-28-6-5-24-21(26)17-33-19(3)4/h18-20H,5-17H2,1-4H3,(H,24,26)(H,25,27). The number of halogens is 1. The first kappa shape index (κ1) is 31.6. The predicted molar refractivity (Wildman–Crippen MR) is 121 cm³/mol. The molecule has 0 radical (unpaired) electrons. The number of carbonyl (C=O) groups excluding carboxylic acids is 2. The summed E-state index contributed by atoms with van der Waals surface area (Å²) in [5.74, 6) is -0.499. The first-order valence-electron chi connectivity index (χ1n) is 11.5. The first-order chi connectivity index (χ1) is 15.8. The van der Waals surface area contributed by atoms with Crippen LogP contribution >= 0.6 is 0 Å². The minimum absolute atomic E-state index is 0.0276. The Balaban J connectivity index is 3.22. The molecule has 0 heterocycles. The summed E-state index contributed by atoms with van der Waals surface area (Å²) >= 11 is 0. The number of carbonyl (C=O) groups is 2. The summed E-state index contributed by atoms with van der Waals surface area (Å²) in [6, 6.07) is 0. The van der Waals surface area contributed by atoms with E-state index < -0.39 is 6.17 Å². The SMILES string of the molecule is CC(C)OCC(=O)NCCOCCOCCOCCOCCOCC(F)CNC(=O)C(C)C. The predicted octanol–water partition coefficient (Wildman–Crippen LogP) is 0.721. The van der Waals surface area contributed by atoms with Crippen LogP contribution in [0.2, 0.25) is 0 Å². The summed E-state index contributed by atoms with van der Waals surface area (Å²) in [6.07, 6.45) is -1.21. The molecule has 0 aliphatic rings. The normalized spacial score (nSPS) is 12.3. The van der Waals surface area contributed by atoms with Crippen molar-refractivity contribution in [1.82, 2.24) is 10.6 Å². The molecule has 0 aliphatic heterocycles. The molecule has 0 fully saturated rings. The van der Waals surface area contributed by atoms with Crippen LogP contribution in [0.5, 0.6) is 0 Å². The van der Waals surface area contributed by atoms with Crippen LogP contribution in [0.4, 0.5) is 4.39 Å². The van der Waals surface area contributed by atoms with Gasteiger partial charge in [-0.1, -0.05) is 13.8 Å². The molecular weight excluding hydrogens is 439 g/mol. The molecule has 1 atom stereocenters. The Morgan fingerprint density at radius 3 is 1.70 bits per heavy atom. The molecule has 0 aliphatic carbocycles. The van der Waals surface area contributed by atoms with Crippen molar-refractivity contribution in [2.45, 2.75) is 40.0 Å². The van der Waals surface area contributed by atoms with E-state index in [1.807, 2.05) is 13.8 Å². The lowest BCUT2D eigenvalue weighted by atomic mass is 10.2. The molecule has 2 N–H and O–H groups in total. The van der Waals surface area contributed by atoms with Crippen molar-refractivity contribution in [1.29, 1.82) is 0 Å². The van der Waals surface area contributed by atoms with Gasteiger partial charge in [0.2, 0.25) is 11.8 Å². The second-order valence-electron chi connectivity index (χ2n) is 7.73. The van der Waals surface area contributed by atoms with Gasteiger partial charge in [0.25, 0.3) is 0 Å². The molecular formula is C22H43FN2O8. The zero-order valence-electron chi connectivity index (χ0n) is 20.6. The van der Waals surface area contributed by atoms with Crippen LogP contribution < -0.4 is 10.6 Å². The van der Waals surface area contributed by atoms with Gasteiger partial charge >= 0.3 is 0 Å². The van der Waals surface area contributed by atoms with Gasteiger partial charge in [-0.2, -0.15) is 0 Å². The molecule has 0 bridgehead atoms. The van der Waals surface area contributed by atoms with E-state index in [1.165, 1.54) is 0 Å². The number of ether oxygens (including phenoxy) is 6. The highest BCUT2D eigenvalue weighted by atomic mass is 19.1. The number of rotatable bonds is 23. The highest BCUT2D eigenvalue weighted by Gasteiger charge is 2.11. The largest absolute Gasteiger partial charge is 0.377 e. The van der Waals surface area contributed by atoms with E-state index in [9.17, 15) is 14.0 Å². The van der Waals surface area contributed by atoms with E-state index in [0.717, 1.165) is 0 Å². The molecule has 0 spiro atoms. The minimum Gasteiger partial charge on any atom is -0.377 e. The fourth-order valence-electron chi connectivity index (χ4n) is 2.12. The second kappa shape index (κ2) is 22.4. The molecule has 0 rings (SSSR count). The van der Waals surface area contributed by atoms with E-state index in [-0.39, 0.29) is 50.2 Å². The van der Waals surface area contributed by atoms with E-state index in [2.05, 4.69) is 10.6 Å². The number of amides is 2. The van der Waals surface area contributed by atoms with Gasteiger partial charge < -0.3 is 39.1 Å². The summed E-state index contributed by atoms with van der Waals surface area (Å²) in [5.41, 5.74) is 0. The average molecular weight is 483 g/mol. The van der Waals surface area contributed by atoms with E-state index in [1.54, 1.807) is 13.8 Å². The zero-order chi connectivity index (χ0) is 24.7. The summed E-state index contributed by atoms with van der Waals surface area (Å²) in [7, 11) is 0. The van der Waals surface area contributed by atoms with E-state index in [4.69, 9.17) is 28.4 Å². The highest BCUT2D eigenvalue weighted by molar-refractivity contribution is 5.77. The maximum absolute atomic E-state index is 13.5. The molecule has 33 heavy (non-hydrogen) atoms. The van der Waals surface area contributed by atoms with Crippen LogP contribution in [0.25, 0.3) is 0 Å². The molecule has 196 valence electrons. The number of alkyl halides is 1.